The predicted molar refractivity (Wildman–Crippen MR) is 121 cm³/mol. The van der Waals surface area contributed by atoms with Crippen molar-refractivity contribution in [3.63, 3.8) is 0 Å². The number of rotatable bonds is 3. The first-order valence-electron chi connectivity index (χ1n) is 9.96. The van der Waals surface area contributed by atoms with Crippen LogP contribution in [0.15, 0.2) is 54.6 Å². The molecule has 0 radical (unpaired) electrons. The van der Waals surface area contributed by atoms with Crippen LogP contribution in [0.2, 0.25) is 0 Å². The fourth-order valence-electron chi connectivity index (χ4n) is 3.16. The average molecular weight is 408 g/mol. The SMILES string of the molecule is CC(C)(C)OC(=O)N(c1ccc(NC(=O)c2cc3ccccc3[nH]2)cc1)C(C)(C)C. The van der Waals surface area contributed by atoms with Gasteiger partial charge in [-0.05, 0) is 77.9 Å². The van der Waals surface area contributed by atoms with Crippen molar-refractivity contribution in [3.8, 4) is 0 Å². The molecule has 2 amide bonds. The first-order chi connectivity index (χ1) is 13.9. The van der Waals surface area contributed by atoms with Crippen molar-refractivity contribution in [1.29, 1.82) is 0 Å². The van der Waals surface area contributed by atoms with Gasteiger partial charge in [-0.15, -0.1) is 0 Å². The quantitative estimate of drug-likeness (QED) is 0.562. The maximum Gasteiger partial charge on any atom is 0.415 e. The summed E-state index contributed by atoms with van der Waals surface area (Å²) in [5.74, 6) is -0.223. The van der Waals surface area contributed by atoms with E-state index < -0.39 is 17.2 Å². The molecule has 30 heavy (non-hydrogen) atoms. The number of aromatic nitrogens is 1. The maximum atomic E-state index is 12.8. The Morgan fingerprint density at radius 1 is 0.933 bits per heavy atom. The highest BCUT2D eigenvalue weighted by molar-refractivity contribution is 6.06. The molecule has 158 valence electrons. The summed E-state index contributed by atoms with van der Waals surface area (Å²) in [4.78, 5) is 30.1. The van der Waals surface area contributed by atoms with Crippen LogP contribution in [-0.4, -0.2) is 28.1 Å². The largest absolute Gasteiger partial charge is 0.443 e. The number of nitrogens with zero attached hydrogens (tertiary/aromatic N) is 1. The molecule has 0 atom stereocenters. The van der Waals surface area contributed by atoms with E-state index in [-0.39, 0.29) is 5.91 Å². The van der Waals surface area contributed by atoms with Crippen molar-refractivity contribution in [2.75, 3.05) is 10.2 Å². The van der Waals surface area contributed by atoms with Crippen LogP contribution in [0.4, 0.5) is 16.2 Å². The zero-order valence-corrected chi connectivity index (χ0v) is 18.4. The number of H-pyrrole nitrogens is 1. The molecular formula is C24H29N3O3. The van der Waals surface area contributed by atoms with E-state index in [1.165, 1.54) is 0 Å². The van der Waals surface area contributed by atoms with Crippen LogP contribution in [0.3, 0.4) is 0 Å². The Bertz CT molecular complexity index is 1020. The highest BCUT2D eigenvalue weighted by Crippen LogP contribution is 2.28. The third kappa shape index (κ3) is 5.00. The van der Waals surface area contributed by atoms with Crippen molar-refractivity contribution in [2.45, 2.75) is 52.7 Å². The molecule has 3 rings (SSSR count). The minimum atomic E-state index is -0.589. The van der Waals surface area contributed by atoms with E-state index in [1.54, 1.807) is 29.2 Å². The third-order valence-corrected chi connectivity index (χ3v) is 4.40. The molecule has 3 aromatic rings. The molecular weight excluding hydrogens is 378 g/mol. The first kappa shape index (κ1) is 21.4. The summed E-state index contributed by atoms with van der Waals surface area (Å²) in [5, 5.41) is 3.87. The molecule has 2 aromatic carbocycles. The molecule has 0 aliphatic carbocycles. The molecule has 0 spiro atoms. The first-order valence-corrected chi connectivity index (χ1v) is 9.96. The van der Waals surface area contributed by atoms with Crippen LogP contribution in [-0.2, 0) is 4.74 Å². The number of hydrogen-bond donors (Lipinski definition) is 2. The molecule has 1 heterocycles. The second-order valence-electron chi connectivity index (χ2n) is 9.26. The predicted octanol–water partition coefficient (Wildman–Crippen LogP) is 5.96. The Labute approximate surface area is 177 Å². The summed E-state index contributed by atoms with van der Waals surface area (Å²) in [5.41, 5.74) is 1.67. The standard InChI is InChI=1S/C24H29N3O3/c1-23(2,3)27(22(29)30-24(4,5)6)18-13-11-17(12-14-18)25-21(28)20-15-16-9-7-8-10-19(16)26-20/h7-15,26H,1-6H3,(H,25,28). The summed E-state index contributed by atoms with van der Waals surface area (Å²) in [7, 11) is 0. The second-order valence-corrected chi connectivity index (χ2v) is 9.26. The number of aromatic amines is 1. The lowest BCUT2D eigenvalue weighted by molar-refractivity contribution is 0.0550. The summed E-state index contributed by atoms with van der Waals surface area (Å²) in [6, 6.07) is 16.7. The van der Waals surface area contributed by atoms with Gasteiger partial charge in [0.2, 0.25) is 0 Å². The second kappa shape index (κ2) is 7.86. The number of hydrogen-bond acceptors (Lipinski definition) is 3. The molecule has 0 bridgehead atoms. The van der Waals surface area contributed by atoms with E-state index in [0.29, 0.717) is 17.1 Å². The lowest BCUT2D eigenvalue weighted by Gasteiger charge is -2.36. The molecule has 0 aliphatic heterocycles. The topological polar surface area (TPSA) is 74.4 Å². The maximum absolute atomic E-state index is 12.8. The van der Waals surface area contributed by atoms with E-state index >= 15 is 0 Å². The molecule has 6 heteroatoms. The number of para-hydroxylation sites is 1. The van der Waals surface area contributed by atoms with Gasteiger partial charge in [-0.2, -0.15) is 0 Å². The van der Waals surface area contributed by atoms with Crippen LogP contribution < -0.4 is 10.2 Å². The summed E-state index contributed by atoms with van der Waals surface area (Å²) in [6.45, 7) is 11.4. The molecule has 0 unspecified atom stereocenters. The van der Waals surface area contributed by atoms with Crippen molar-refractivity contribution in [2.24, 2.45) is 0 Å². The van der Waals surface area contributed by atoms with Crippen LogP contribution in [0.5, 0.6) is 0 Å². The molecule has 0 saturated heterocycles. The zero-order chi connectivity index (χ0) is 22.1. The highest BCUT2D eigenvalue weighted by atomic mass is 16.6. The van der Waals surface area contributed by atoms with Crippen molar-refractivity contribution < 1.29 is 14.3 Å². The van der Waals surface area contributed by atoms with Gasteiger partial charge in [0, 0.05) is 27.8 Å². The molecule has 6 nitrogen and oxygen atoms in total. The van der Waals surface area contributed by atoms with Crippen LogP contribution >= 0.6 is 0 Å². The molecule has 0 saturated carbocycles. The molecule has 0 fully saturated rings. The van der Waals surface area contributed by atoms with Gasteiger partial charge in [0.1, 0.15) is 11.3 Å². The molecule has 1 aromatic heterocycles. The molecule has 2 N–H and O–H groups in total. The van der Waals surface area contributed by atoms with Crippen molar-refractivity contribution in [3.05, 3.63) is 60.3 Å². The van der Waals surface area contributed by atoms with E-state index in [4.69, 9.17) is 4.74 Å². The Hall–Kier alpha value is -3.28. The van der Waals surface area contributed by atoms with Gasteiger partial charge in [0.05, 0.1) is 0 Å². The zero-order valence-electron chi connectivity index (χ0n) is 18.4. The minimum absolute atomic E-state index is 0.223. The smallest absolute Gasteiger partial charge is 0.415 e. The number of amides is 2. The van der Waals surface area contributed by atoms with Gasteiger partial charge >= 0.3 is 6.09 Å². The number of benzene rings is 2. The minimum Gasteiger partial charge on any atom is -0.443 e. The third-order valence-electron chi connectivity index (χ3n) is 4.40. The fraction of sp³-hybridized carbons (Fsp3) is 0.333. The van der Waals surface area contributed by atoms with Crippen molar-refractivity contribution >= 4 is 34.3 Å². The summed E-state index contributed by atoms with van der Waals surface area (Å²) >= 11 is 0. The van der Waals surface area contributed by atoms with Crippen LogP contribution in [0, 0.1) is 0 Å². The Kier molecular flexibility index (Phi) is 5.61. The Balaban J connectivity index is 1.78. The summed E-state index contributed by atoms with van der Waals surface area (Å²) in [6.07, 6.45) is -0.412. The normalized spacial score (nSPS) is 11.9. The van der Waals surface area contributed by atoms with Crippen LogP contribution in [0.25, 0.3) is 10.9 Å². The lowest BCUT2D eigenvalue weighted by atomic mass is 10.1. The Morgan fingerprint density at radius 2 is 1.57 bits per heavy atom. The lowest BCUT2D eigenvalue weighted by Crippen LogP contribution is -2.48. The number of ether oxygens (including phenoxy) is 1. The Morgan fingerprint density at radius 3 is 2.13 bits per heavy atom. The van der Waals surface area contributed by atoms with E-state index in [2.05, 4.69) is 10.3 Å². The highest BCUT2D eigenvalue weighted by Gasteiger charge is 2.32. The van der Waals surface area contributed by atoms with Gasteiger partial charge in [-0.1, -0.05) is 18.2 Å². The summed E-state index contributed by atoms with van der Waals surface area (Å²) < 4.78 is 5.58. The van der Waals surface area contributed by atoms with E-state index in [1.807, 2.05) is 71.9 Å². The van der Waals surface area contributed by atoms with Gasteiger partial charge in [0.15, 0.2) is 0 Å². The molecule has 0 aliphatic rings. The number of anilines is 2. The van der Waals surface area contributed by atoms with Gasteiger partial charge in [0.25, 0.3) is 5.91 Å². The van der Waals surface area contributed by atoms with Gasteiger partial charge in [-0.3, -0.25) is 9.69 Å². The van der Waals surface area contributed by atoms with Crippen LogP contribution in [0.1, 0.15) is 52.0 Å². The van der Waals surface area contributed by atoms with E-state index in [0.717, 1.165) is 10.9 Å². The van der Waals surface area contributed by atoms with Gasteiger partial charge < -0.3 is 15.0 Å². The number of fused-ring (bicyclic) bond motifs is 1. The number of carbonyl (C=O) groups is 2. The van der Waals surface area contributed by atoms with Crippen molar-refractivity contribution in [1.82, 2.24) is 4.98 Å². The number of carbonyl (C=O) groups excluding carboxylic acids is 2. The number of nitrogens with one attached hydrogen (secondary N) is 2. The van der Waals surface area contributed by atoms with E-state index in [9.17, 15) is 9.59 Å². The fourth-order valence-corrected chi connectivity index (χ4v) is 3.16. The monoisotopic (exact) mass is 407 g/mol. The van der Waals surface area contributed by atoms with Gasteiger partial charge in [-0.25, -0.2) is 4.79 Å². The average Bonchev–Trinajstić information content (AvgIpc) is 3.05.